The van der Waals surface area contributed by atoms with E-state index in [1.807, 2.05) is 12.1 Å². The van der Waals surface area contributed by atoms with Crippen molar-refractivity contribution in [3.63, 3.8) is 0 Å². The molecule has 0 bridgehead atoms. The third-order valence-electron chi connectivity index (χ3n) is 3.10. The normalized spacial score (nSPS) is 31.9. The van der Waals surface area contributed by atoms with Crippen LogP contribution in [0.15, 0.2) is 22.8 Å². The lowest BCUT2D eigenvalue weighted by Gasteiger charge is -1.98. The Bertz CT molecular complexity index is 261. The van der Waals surface area contributed by atoms with Crippen LogP contribution in [0.3, 0.4) is 0 Å². The lowest BCUT2D eigenvalue weighted by Crippen LogP contribution is -1.93. The smallest absolute Gasteiger partial charge is 0.107 e. The molecule has 12 heavy (non-hydrogen) atoms. The van der Waals surface area contributed by atoms with Gasteiger partial charge in [-0.05, 0) is 23.5 Å². The summed E-state index contributed by atoms with van der Waals surface area (Å²) in [5, 5.41) is 9.07. The van der Waals surface area contributed by atoms with E-state index in [1.54, 1.807) is 6.26 Å². The average Bonchev–Trinajstić information content (AvgIpc) is 2.50. The summed E-state index contributed by atoms with van der Waals surface area (Å²) in [4.78, 5) is 0. The highest BCUT2D eigenvalue weighted by molar-refractivity contribution is 5.23. The SMILES string of the molecule is CC1(C)C(CO)C1c1ccco1. The molecule has 1 aliphatic rings. The standard InChI is InChI=1S/C10H14O2/c1-10(2)7(6-11)9(10)8-4-3-5-12-8/h3-5,7,9,11H,6H2,1-2H3. The van der Waals surface area contributed by atoms with Crippen LogP contribution in [0.2, 0.25) is 0 Å². The van der Waals surface area contributed by atoms with Gasteiger partial charge in [0.15, 0.2) is 0 Å². The van der Waals surface area contributed by atoms with Gasteiger partial charge < -0.3 is 9.52 Å². The van der Waals surface area contributed by atoms with Crippen molar-refractivity contribution >= 4 is 0 Å². The lowest BCUT2D eigenvalue weighted by molar-refractivity contribution is 0.256. The van der Waals surface area contributed by atoms with E-state index < -0.39 is 0 Å². The zero-order chi connectivity index (χ0) is 8.77. The Balaban J connectivity index is 2.19. The molecule has 2 nitrogen and oxygen atoms in total. The summed E-state index contributed by atoms with van der Waals surface area (Å²) in [7, 11) is 0. The van der Waals surface area contributed by atoms with E-state index in [0.717, 1.165) is 5.76 Å². The molecule has 0 saturated heterocycles. The molecular formula is C10H14O2. The van der Waals surface area contributed by atoms with Crippen molar-refractivity contribution in [2.24, 2.45) is 11.3 Å². The molecule has 2 atom stereocenters. The Hall–Kier alpha value is -0.760. The molecule has 2 rings (SSSR count). The summed E-state index contributed by atoms with van der Waals surface area (Å²) in [6.45, 7) is 4.60. The van der Waals surface area contributed by atoms with Gasteiger partial charge in [0.1, 0.15) is 5.76 Å². The molecule has 0 spiro atoms. The Kier molecular flexibility index (Phi) is 1.55. The van der Waals surface area contributed by atoms with Gasteiger partial charge in [0.2, 0.25) is 0 Å². The number of rotatable bonds is 2. The van der Waals surface area contributed by atoms with Crippen molar-refractivity contribution in [2.75, 3.05) is 6.61 Å². The predicted molar refractivity (Wildman–Crippen MR) is 45.8 cm³/mol. The van der Waals surface area contributed by atoms with Crippen LogP contribution >= 0.6 is 0 Å². The van der Waals surface area contributed by atoms with Crippen molar-refractivity contribution in [3.8, 4) is 0 Å². The van der Waals surface area contributed by atoms with Crippen molar-refractivity contribution in [1.82, 2.24) is 0 Å². The van der Waals surface area contributed by atoms with E-state index in [0.29, 0.717) is 11.8 Å². The van der Waals surface area contributed by atoms with E-state index in [2.05, 4.69) is 13.8 Å². The molecule has 1 heterocycles. The molecule has 1 N–H and O–H groups in total. The minimum Gasteiger partial charge on any atom is -0.469 e. The molecule has 0 amide bonds. The molecule has 2 heteroatoms. The minimum atomic E-state index is 0.215. The number of aliphatic hydroxyl groups excluding tert-OH is 1. The summed E-state index contributed by atoms with van der Waals surface area (Å²) in [6.07, 6.45) is 1.69. The highest BCUT2D eigenvalue weighted by Gasteiger charge is 2.59. The van der Waals surface area contributed by atoms with Crippen LogP contribution < -0.4 is 0 Å². The van der Waals surface area contributed by atoms with Crippen molar-refractivity contribution in [2.45, 2.75) is 19.8 Å². The molecule has 1 saturated carbocycles. The van der Waals surface area contributed by atoms with Gasteiger partial charge in [0.05, 0.1) is 6.26 Å². The van der Waals surface area contributed by atoms with Crippen LogP contribution in [0, 0.1) is 11.3 Å². The number of hydrogen-bond donors (Lipinski definition) is 1. The summed E-state index contributed by atoms with van der Waals surface area (Å²) in [5.74, 6) is 1.81. The van der Waals surface area contributed by atoms with Crippen molar-refractivity contribution < 1.29 is 9.52 Å². The fraction of sp³-hybridized carbons (Fsp3) is 0.600. The first-order chi connectivity index (χ1) is 5.68. The molecule has 1 fully saturated rings. The summed E-state index contributed by atoms with van der Waals surface area (Å²) >= 11 is 0. The van der Waals surface area contributed by atoms with Gasteiger partial charge in [-0.3, -0.25) is 0 Å². The summed E-state index contributed by atoms with van der Waals surface area (Å²) < 4.78 is 5.31. The fourth-order valence-corrected chi connectivity index (χ4v) is 2.12. The van der Waals surface area contributed by atoms with Gasteiger partial charge in [-0.2, -0.15) is 0 Å². The first-order valence-electron chi connectivity index (χ1n) is 4.32. The van der Waals surface area contributed by atoms with Gasteiger partial charge in [0.25, 0.3) is 0 Å². The van der Waals surface area contributed by atoms with Crippen LogP contribution in [-0.2, 0) is 0 Å². The maximum atomic E-state index is 9.07. The number of aliphatic hydroxyl groups is 1. The first-order valence-corrected chi connectivity index (χ1v) is 4.32. The van der Waals surface area contributed by atoms with Gasteiger partial charge in [-0.15, -0.1) is 0 Å². The van der Waals surface area contributed by atoms with E-state index in [4.69, 9.17) is 9.52 Å². The topological polar surface area (TPSA) is 33.4 Å². The monoisotopic (exact) mass is 166 g/mol. The van der Waals surface area contributed by atoms with Crippen LogP contribution in [0.25, 0.3) is 0 Å². The molecular weight excluding hydrogens is 152 g/mol. The van der Waals surface area contributed by atoms with E-state index in [-0.39, 0.29) is 12.0 Å². The van der Waals surface area contributed by atoms with Gasteiger partial charge >= 0.3 is 0 Å². The fourth-order valence-electron chi connectivity index (χ4n) is 2.12. The van der Waals surface area contributed by atoms with E-state index in [9.17, 15) is 0 Å². The Morgan fingerprint density at radius 1 is 1.58 bits per heavy atom. The molecule has 1 aromatic heterocycles. The van der Waals surface area contributed by atoms with E-state index in [1.165, 1.54) is 0 Å². The summed E-state index contributed by atoms with van der Waals surface area (Å²) in [6, 6.07) is 3.89. The highest BCUT2D eigenvalue weighted by Crippen LogP contribution is 2.63. The maximum absolute atomic E-state index is 9.07. The largest absolute Gasteiger partial charge is 0.469 e. The molecule has 0 radical (unpaired) electrons. The number of hydrogen-bond acceptors (Lipinski definition) is 2. The van der Waals surface area contributed by atoms with Crippen molar-refractivity contribution in [1.29, 1.82) is 0 Å². The second kappa shape index (κ2) is 2.36. The van der Waals surface area contributed by atoms with Gasteiger partial charge in [0, 0.05) is 12.5 Å². The van der Waals surface area contributed by atoms with Crippen LogP contribution in [0.1, 0.15) is 25.5 Å². The van der Waals surface area contributed by atoms with Crippen LogP contribution in [0.5, 0.6) is 0 Å². The molecule has 2 unspecified atom stereocenters. The van der Waals surface area contributed by atoms with E-state index >= 15 is 0 Å². The quantitative estimate of drug-likeness (QED) is 0.729. The minimum absolute atomic E-state index is 0.215. The van der Waals surface area contributed by atoms with Crippen molar-refractivity contribution in [3.05, 3.63) is 24.2 Å². The molecule has 0 aliphatic heterocycles. The average molecular weight is 166 g/mol. The molecule has 66 valence electrons. The number of furan rings is 1. The lowest BCUT2D eigenvalue weighted by atomic mass is 10.1. The van der Waals surface area contributed by atoms with Gasteiger partial charge in [-0.25, -0.2) is 0 Å². The predicted octanol–water partition coefficient (Wildman–Crippen LogP) is 2.01. The second-order valence-corrected chi connectivity index (χ2v) is 4.10. The third kappa shape index (κ3) is 0.911. The Morgan fingerprint density at radius 2 is 2.33 bits per heavy atom. The third-order valence-corrected chi connectivity index (χ3v) is 3.10. The Labute approximate surface area is 72.2 Å². The maximum Gasteiger partial charge on any atom is 0.107 e. The van der Waals surface area contributed by atoms with Crippen LogP contribution in [0.4, 0.5) is 0 Å². The molecule has 1 aliphatic carbocycles. The summed E-state index contributed by atoms with van der Waals surface area (Å²) in [5.41, 5.74) is 0.215. The molecule has 0 aromatic carbocycles. The van der Waals surface area contributed by atoms with Crippen LogP contribution in [-0.4, -0.2) is 11.7 Å². The van der Waals surface area contributed by atoms with Gasteiger partial charge in [-0.1, -0.05) is 13.8 Å². The zero-order valence-electron chi connectivity index (χ0n) is 7.45. The zero-order valence-corrected chi connectivity index (χ0v) is 7.45. The molecule has 1 aromatic rings. The first kappa shape index (κ1) is 7.87. The second-order valence-electron chi connectivity index (χ2n) is 4.10. The Morgan fingerprint density at radius 3 is 2.75 bits per heavy atom. The highest BCUT2D eigenvalue weighted by atomic mass is 16.3.